The maximum Gasteiger partial charge on any atom is 0.237 e. The summed E-state index contributed by atoms with van der Waals surface area (Å²) >= 11 is 1.30. The molecule has 0 unspecified atom stereocenters. The monoisotopic (exact) mass is 408 g/mol. The standard InChI is InChI=1S/C20H20N6O2S/c1-14(19(27)23-17-6-4-3-5-16(17)13-21)29-20-25-24-18(26(20)11-12-28-2)15-7-9-22-10-8-15/h3-10,14H,11-12H2,1-2H3,(H,23,27)/t14-/m1/s1. The molecule has 29 heavy (non-hydrogen) atoms. The van der Waals surface area contributed by atoms with E-state index < -0.39 is 5.25 Å². The van der Waals surface area contributed by atoms with Gasteiger partial charge in [0.2, 0.25) is 5.91 Å². The van der Waals surface area contributed by atoms with Crippen LogP contribution in [0.15, 0.2) is 53.9 Å². The Labute approximate surface area is 172 Å². The molecule has 0 saturated heterocycles. The van der Waals surface area contributed by atoms with Crippen LogP contribution in [-0.2, 0) is 16.1 Å². The quantitative estimate of drug-likeness (QED) is 0.571. The zero-order chi connectivity index (χ0) is 20.6. The van der Waals surface area contributed by atoms with Gasteiger partial charge in [0.15, 0.2) is 11.0 Å². The molecule has 3 rings (SSSR count). The van der Waals surface area contributed by atoms with E-state index in [9.17, 15) is 10.1 Å². The third kappa shape index (κ3) is 4.99. The van der Waals surface area contributed by atoms with E-state index in [1.165, 1.54) is 11.8 Å². The molecule has 1 amide bonds. The molecule has 1 aromatic carbocycles. The number of nitrogens with one attached hydrogen (secondary N) is 1. The average Bonchev–Trinajstić information content (AvgIpc) is 3.15. The summed E-state index contributed by atoms with van der Waals surface area (Å²) < 4.78 is 7.14. The van der Waals surface area contributed by atoms with Crippen molar-refractivity contribution in [3.63, 3.8) is 0 Å². The van der Waals surface area contributed by atoms with Crippen LogP contribution in [0.25, 0.3) is 11.4 Å². The second-order valence-electron chi connectivity index (χ2n) is 6.09. The lowest BCUT2D eigenvalue weighted by Gasteiger charge is -2.14. The fourth-order valence-electron chi connectivity index (χ4n) is 2.61. The SMILES string of the molecule is COCCn1c(S[C@H](C)C(=O)Nc2ccccc2C#N)nnc1-c1ccncc1. The van der Waals surface area contributed by atoms with Gasteiger partial charge in [-0.05, 0) is 31.2 Å². The number of benzene rings is 1. The van der Waals surface area contributed by atoms with E-state index >= 15 is 0 Å². The van der Waals surface area contributed by atoms with Crippen LogP contribution in [0.1, 0.15) is 12.5 Å². The topological polar surface area (TPSA) is 106 Å². The first-order chi connectivity index (χ1) is 14.1. The molecule has 0 saturated carbocycles. The molecule has 0 fully saturated rings. The highest BCUT2D eigenvalue weighted by Crippen LogP contribution is 2.27. The largest absolute Gasteiger partial charge is 0.383 e. The molecule has 1 N–H and O–H groups in total. The number of ether oxygens (including phenoxy) is 1. The van der Waals surface area contributed by atoms with Crippen LogP contribution in [0.4, 0.5) is 5.69 Å². The van der Waals surface area contributed by atoms with Gasteiger partial charge < -0.3 is 10.1 Å². The Bertz CT molecular complexity index is 1020. The number of pyridine rings is 1. The minimum Gasteiger partial charge on any atom is -0.383 e. The lowest BCUT2D eigenvalue weighted by molar-refractivity contribution is -0.115. The minimum atomic E-state index is -0.447. The highest BCUT2D eigenvalue weighted by Gasteiger charge is 2.21. The fourth-order valence-corrected chi connectivity index (χ4v) is 3.49. The molecule has 0 spiro atoms. The Hall–Kier alpha value is -3.22. The van der Waals surface area contributed by atoms with E-state index in [2.05, 4.69) is 26.6 Å². The third-order valence-corrected chi connectivity index (χ3v) is 5.21. The van der Waals surface area contributed by atoms with Gasteiger partial charge in [0.1, 0.15) is 6.07 Å². The van der Waals surface area contributed by atoms with Gasteiger partial charge in [0, 0.05) is 25.1 Å². The van der Waals surface area contributed by atoms with Gasteiger partial charge in [0.25, 0.3) is 0 Å². The predicted molar refractivity (Wildman–Crippen MR) is 110 cm³/mol. The van der Waals surface area contributed by atoms with Crippen molar-refractivity contribution < 1.29 is 9.53 Å². The maximum atomic E-state index is 12.7. The first-order valence-electron chi connectivity index (χ1n) is 8.93. The summed E-state index contributed by atoms with van der Waals surface area (Å²) in [5, 5.41) is 20.7. The van der Waals surface area contributed by atoms with Crippen LogP contribution in [-0.4, -0.2) is 44.6 Å². The number of thioether (sulfide) groups is 1. The van der Waals surface area contributed by atoms with Crippen LogP contribution in [0.5, 0.6) is 0 Å². The number of anilines is 1. The Morgan fingerprint density at radius 3 is 2.76 bits per heavy atom. The first kappa shape index (κ1) is 20.5. The molecular formula is C20H20N6O2S. The van der Waals surface area contributed by atoms with Gasteiger partial charge in [0.05, 0.1) is 29.7 Å². The molecule has 0 aliphatic heterocycles. The van der Waals surface area contributed by atoms with Crippen molar-refractivity contribution in [3.05, 3.63) is 54.4 Å². The van der Waals surface area contributed by atoms with E-state index in [4.69, 9.17) is 4.74 Å². The van der Waals surface area contributed by atoms with Gasteiger partial charge in [-0.1, -0.05) is 23.9 Å². The van der Waals surface area contributed by atoms with Gasteiger partial charge in [-0.15, -0.1) is 10.2 Å². The van der Waals surface area contributed by atoms with E-state index in [1.54, 1.807) is 50.7 Å². The number of aromatic nitrogens is 4. The molecule has 2 aromatic heterocycles. The van der Waals surface area contributed by atoms with Crippen molar-refractivity contribution in [2.75, 3.05) is 19.0 Å². The smallest absolute Gasteiger partial charge is 0.237 e. The van der Waals surface area contributed by atoms with Gasteiger partial charge in [-0.25, -0.2) is 0 Å². The molecule has 0 bridgehead atoms. The molecule has 0 aliphatic rings. The second-order valence-corrected chi connectivity index (χ2v) is 7.40. The second kappa shape index (κ2) is 9.82. The van der Waals surface area contributed by atoms with Gasteiger partial charge in [-0.3, -0.25) is 14.3 Å². The highest BCUT2D eigenvalue weighted by atomic mass is 32.2. The minimum absolute atomic E-state index is 0.218. The van der Waals surface area contributed by atoms with Gasteiger partial charge >= 0.3 is 0 Å². The summed E-state index contributed by atoms with van der Waals surface area (Å²) in [4.78, 5) is 16.7. The van der Waals surface area contributed by atoms with Crippen molar-refractivity contribution in [1.82, 2.24) is 19.7 Å². The van der Waals surface area contributed by atoms with E-state index in [-0.39, 0.29) is 5.91 Å². The Morgan fingerprint density at radius 1 is 1.28 bits per heavy atom. The lowest BCUT2D eigenvalue weighted by Crippen LogP contribution is -2.23. The van der Waals surface area contributed by atoms with Crippen molar-refractivity contribution in [1.29, 1.82) is 5.26 Å². The molecule has 9 heteroatoms. The van der Waals surface area contributed by atoms with E-state index in [0.29, 0.717) is 35.4 Å². The van der Waals surface area contributed by atoms with Crippen LogP contribution in [0.3, 0.4) is 0 Å². The van der Waals surface area contributed by atoms with Crippen LogP contribution < -0.4 is 5.32 Å². The fraction of sp³-hybridized carbons (Fsp3) is 0.250. The Kier molecular flexibility index (Phi) is 6.94. The van der Waals surface area contributed by atoms with E-state index in [0.717, 1.165) is 5.56 Å². The number of rotatable bonds is 8. The zero-order valence-corrected chi connectivity index (χ0v) is 16.9. The molecule has 0 aliphatic carbocycles. The predicted octanol–water partition coefficient (Wildman–Crippen LogP) is 2.98. The number of hydrogen-bond acceptors (Lipinski definition) is 7. The third-order valence-electron chi connectivity index (χ3n) is 4.13. The molecular weight excluding hydrogens is 388 g/mol. The Balaban J connectivity index is 1.79. The number of methoxy groups -OCH3 is 1. The number of para-hydroxylation sites is 1. The maximum absolute atomic E-state index is 12.7. The molecule has 2 heterocycles. The van der Waals surface area contributed by atoms with Crippen molar-refractivity contribution in [2.45, 2.75) is 23.9 Å². The van der Waals surface area contributed by atoms with Crippen LogP contribution in [0.2, 0.25) is 0 Å². The number of nitriles is 1. The van der Waals surface area contributed by atoms with Crippen molar-refractivity contribution >= 4 is 23.4 Å². The summed E-state index contributed by atoms with van der Waals surface area (Å²) in [6.45, 7) is 2.82. The van der Waals surface area contributed by atoms with E-state index in [1.807, 2.05) is 16.7 Å². The summed E-state index contributed by atoms with van der Waals surface area (Å²) in [5.41, 5.74) is 1.79. The van der Waals surface area contributed by atoms with Gasteiger partial charge in [-0.2, -0.15) is 5.26 Å². The first-order valence-corrected chi connectivity index (χ1v) is 9.81. The number of amides is 1. The summed E-state index contributed by atoms with van der Waals surface area (Å²) in [7, 11) is 1.63. The van der Waals surface area contributed by atoms with Crippen LogP contribution >= 0.6 is 11.8 Å². The lowest BCUT2D eigenvalue weighted by atomic mass is 10.2. The number of nitrogens with zero attached hydrogens (tertiary/aromatic N) is 5. The summed E-state index contributed by atoms with van der Waals surface area (Å²) in [6, 6.07) is 12.7. The Morgan fingerprint density at radius 2 is 2.03 bits per heavy atom. The number of carbonyl (C=O) groups excluding carboxylic acids is 1. The summed E-state index contributed by atoms with van der Waals surface area (Å²) in [5.74, 6) is 0.471. The number of carbonyl (C=O) groups is 1. The van der Waals surface area contributed by atoms with Crippen molar-refractivity contribution in [2.24, 2.45) is 0 Å². The van der Waals surface area contributed by atoms with Crippen molar-refractivity contribution in [3.8, 4) is 17.5 Å². The average molecular weight is 408 g/mol. The normalized spacial score (nSPS) is 11.6. The molecule has 0 radical (unpaired) electrons. The molecule has 3 aromatic rings. The number of hydrogen-bond donors (Lipinski definition) is 1. The zero-order valence-electron chi connectivity index (χ0n) is 16.1. The summed E-state index contributed by atoms with van der Waals surface area (Å²) in [6.07, 6.45) is 3.39. The highest BCUT2D eigenvalue weighted by molar-refractivity contribution is 8.00. The molecule has 8 nitrogen and oxygen atoms in total. The molecule has 1 atom stereocenters. The van der Waals surface area contributed by atoms with Crippen LogP contribution in [0, 0.1) is 11.3 Å². The molecule has 148 valence electrons.